The van der Waals surface area contributed by atoms with Crippen molar-refractivity contribution in [2.24, 2.45) is 0 Å². The Morgan fingerprint density at radius 1 is 1.05 bits per heavy atom. The van der Waals surface area contributed by atoms with E-state index in [9.17, 15) is 30.2 Å². The molecule has 0 bridgehead atoms. The number of non-ortho nitro benzene ring substituents is 1. The SMILES string of the molecule is O=C(O)/C(=C/c1ccc([N+](=O)[O-])cc1)c1cc(O)cc(O)c1. The number of phenolic OH excluding ortho intramolecular Hbond substituents is 2. The summed E-state index contributed by atoms with van der Waals surface area (Å²) in [5.74, 6) is -1.81. The molecule has 2 aromatic carbocycles. The smallest absolute Gasteiger partial charge is 0.336 e. The molecule has 0 fully saturated rings. The quantitative estimate of drug-likeness (QED) is 0.345. The van der Waals surface area contributed by atoms with Crippen molar-refractivity contribution in [1.29, 1.82) is 0 Å². The van der Waals surface area contributed by atoms with E-state index in [1.807, 2.05) is 0 Å². The minimum Gasteiger partial charge on any atom is -0.508 e. The Morgan fingerprint density at radius 2 is 1.59 bits per heavy atom. The number of benzene rings is 2. The molecule has 0 aliphatic carbocycles. The molecule has 0 aliphatic rings. The molecule has 0 spiro atoms. The molecule has 0 aliphatic heterocycles. The predicted octanol–water partition coefficient (Wildman–Crippen LogP) is 2.63. The third-order valence-corrected chi connectivity index (χ3v) is 2.86. The van der Waals surface area contributed by atoms with Gasteiger partial charge >= 0.3 is 5.97 Å². The van der Waals surface area contributed by atoms with Crippen LogP contribution in [0.2, 0.25) is 0 Å². The van der Waals surface area contributed by atoms with E-state index in [2.05, 4.69) is 0 Å². The Kier molecular flexibility index (Phi) is 4.08. The number of aromatic hydroxyl groups is 2. The van der Waals surface area contributed by atoms with Crippen molar-refractivity contribution in [2.45, 2.75) is 0 Å². The third-order valence-electron chi connectivity index (χ3n) is 2.86. The molecule has 2 aromatic rings. The van der Waals surface area contributed by atoms with Crippen molar-refractivity contribution < 1.29 is 25.0 Å². The lowest BCUT2D eigenvalue weighted by Gasteiger charge is -2.05. The Balaban J connectivity index is 2.47. The first kappa shape index (κ1) is 15.0. The summed E-state index contributed by atoms with van der Waals surface area (Å²) in [5.41, 5.74) is 0.276. The highest BCUT2D eigenvalue weighted by Gasteiger charge is 2.13. The number of aliphatic carboxylic acids is 1. The Bertz CT molecular complexity index is 744. The molecule has 3 N–H and O–H groups in total. The van der Waals surface area contributed by atoms with E-state index >= 15 is 0 Å². The monoisotopic (exact) mass is 301 g/mol. The van der Waals surface area contributed by atoms with Gasteiger partial charge in [0.15, 0.2) is 0 Å². The van der Waals surface area contributed by atoms with Gasteiger partial charge in [0.1, 0.15) is 11.5 Å². The van der Waals surface area contributed by atoms with Crippen LogP contribution in [-0.2, 0) is 4.79 Å². The molecule has 22 heavy (non-hydrogen) atoms. The predicted molar refractivity (Wildman–Crippen MR) is 78.4 cm³/mol. The minimum atomic E-state index is -1.26. The highest BCUT2D eigenvalue weighted by Crippen LogP contribution is 2.27. The Labute approximate surface area is 124 Å². The second-order valence-electron chi connectivity index (χ2n) is 4.45. The van der Waals surface area contributed by atoms with Crippen molar-refractivity contribution in [3.05, 3.63) is 63.7 Å². The molecule has 0 heterocycles. The number of carboxylic acid groups (broad SMARTS) is 1. The van der Waals surface area contributed by atoms with Gasteiger partial charge in [-0.05, 0) is 41.5 Å². The lowest BCUT2D eigenvalue weighted by atomic mass is 10.0. The molecule has 7 nitrogen and oxygen atoms in total. The number of phenols is 2. The van der Waals surface area contributed by atoms with Crippen LogP contribution < -0.4 is 0 Å². The van der Waals surface area contributed by atoms with Gasteiger partial charge in [0.2, 0.25) is 0 Å². The molecule has 0 unspecified atom stereocenters. The normalized spacial score (nSPS) is 11.2. The number of nitrogens with zero attached hydrogens (tertiary/aromatic N) is 1. The minimum absolute atomic E-state index is 0.107. The van der Waals surface area contributed by atoms with Crippen LogP contribution in [-0.4, -0.2) is 26.2 Å². The molecule has 0 atom stereocenters. The van der Waals surface area contributed by atoms with E-state index in [-0.39, 0.29) is 28.3 Å². The maximum absolute atomic E-state index is 11.4. The van der Waals surface area contributed by atoms with E-state index in [4.69, 9.17) is 0 Å². The zero-order valence-corrected chi connectivity index (χ0v) is 11.1. The molecular weight excluding hydrogens is 290 g/mol. The Hall–Kier alpha value is -3.35. The van der Waals surface area contributed by atoms with E-state index in [0.29, 0.717) is 5.56 Å². The lowest BCUT2D eigenvalue weighted by Crippen LogP contribution is -1.99. The van der Waals surface area contributed by atoms with Crippen LogP contribution in [0.4, 0.5) is 5.69 Å². The standard InChI is InChI=1S/C15H11NO6/c17-12-6-10(7-13(18)8-12)14(15(19)20)5-9-1-3-11(4-2-9)16(21)22/h1-8,17-18H,(H,19,20)/b14-5+. The van der Waals surface area contributed by atoms with Gasteiger partial charge in [-0.3, -0.25) is 10.1 Å². The van der Waals surface area contributed by atoms with Crippen molar-refractivity contribution in [3.63, 3.8) is 0 Å². The summed E-state index contributed by atoms with van der Waals surface area (Å²) < 4.78 is 0. The van der Waals surface area contributed by atoms with Crippen LogP contribution in [0.3, 0.4) is 0 Å². The van der Waals surface area contributed by atoms with Crippen molar-refractivity contribution >= 4 is 23.3 Å². The fourth-order valence-electron chi connectivity index (χ4n) is 1.88. The van der Waals surface area contributed by atoms with Crippen LogP contribution >= 0.6 is 0 Å². The topological polar surface area (TPSA) is 121 Å². The van der Waals surface area contributed by atoms with Crippen molar-refractivity contribution in [3.8, 4) is 11.5 Å². The molecule has 0 saturated carbocycles. The maximum Gasteiger partial charge on any atom is 0.336 e. The number of rotatable bonds is 4. The number of carboxylic acids is 1. The van der Waals surface area contributed by atoms with Gasteiger partial charge in [0.05, 0.1) is 10.5 Å². The van der Waals surface area contributed by atoms with Crippen molar-refractivity contribution in [1.82, 2.24) is 0 Å². The van der Waals surface area contributed by atoms with Gasteiger partial charge in [-0.1, -0.05) is 0 Å². The van der Waals surface area contributed by atoms with E-state index in [1.165, 1.54) is 42.5 Å². The van der Waals surface area contributed by atoms with Crippen LogP contribution in [0.15, 0.2) is 42.5 Å². The molecule has 112 valence electrons. The summed E-state index contributed by atoms with van der Waals surface area (Å²) in [5, 5.41) is 38.7. The summed E-state index contributed by atoms with van der Waals surface area (Å²) in [6, 6.07) is 8.80. The van der Waals surface area contributed by atoms with E-state index in [1.54, 1.807) is 0 Å². The molecule has 0 radical (unpaired) electrons. The number of nitro groups is 1. The van der Waals surface area contributed by atoms with Crippen molar-refractivity contribution in [2.75, 3.05) is 0 Å². The number of nitro benzene ring substituents is 1. The summed E-state index contributed by atoms with van der Waals surface area (Å²) in [7, 11) is 0. The first-order valence-corrected chi connectivity index (χ1v) is 6.09. The molecular formula is C15H11NO6. The first-order chi connectivity index (χ1) is 10.4. The largest absolute Gasteiger partial charge is 0.508 e. The highest BCUT2D eigenvalue weighted by molar-refractivity contribution is 6.20. The van der Waals surface area contributed by atoms with Gasteiger partial charge < -0.3 is 15.3 Å². The summed E-state index contributed by atoms with van der Waals surface area (Å²) in [4.78, 5) is 21.4. The summed E-state index contributed by atoms with van der Waals surface area (Å²) >= 11 is 0. The second kappa shape index (κ2) is 5.96. The molecule has 2 rings (SSSR count). The fraction of sp³-hybridized carbons (Fsp3) is 0. The zero-order valence-electron chi connectivity index (χ0n) is 11.1. The second-order valence-corrected chi connectivity index (χ2v) is 4.45. The summed E-state index contributed by atoms with van der Waals surface area (Å²) in [6.07, 6.45) is 1.29. The average molecular weight is 301 g/mol. The van der Waals surface area contributed by atoms with Crippen LogP contribution in [0.25, 0.3) is 11.6 Å². The highest BCUT2D eigenvalue weighted by atomic mass is 16.6. The average Bonchev–Trinajstić information content (AvgIpc) is 2.43. The summed E-state index contributed by atoms with van der Waals surface area (Å²) in [6.45, 7) is 0. The molecule has 0 aromatic heterocycles. The Morgan fingerprint density at radius 3 is 2.05 bits per heavy atom. The molecule has 7 heteroatoms. The van der Waals surface area contributed by atoms with E-state index < -0.39 is 10.9 Å². The molecule has 0 amide bonds. The number of hydrogen-bond acceptors (Lipinski definition) is 5. The lowest BCUT2D eigenvalue weighted by molar-refractivity contribution is -0.384. The zero-order chi connectivity index (χ0) is 16.3. The van der Waals surface area contributed by atoms with Crippen LogP contribution in [0.5, 0.6) is 11.5 Å². The first-order valence-electron chi connectivity index (χ1n) is 6.09. The van der Waals surface area contributed by atoms with Crippen LogP contribution in [0.1, 0.15) is 11.1 Å². The number of hydrogen-bond donors (Lipinski definition) is 3. The van der Waals surface area contributed by atoms with E-state index in [0.717, 1.165) is 6.07 Å². The van der Waals surface area contributed by atoms with Gasteiger partial charge in [-0.15, -0.1) is 0 Å². The third kappa shape index (κ3) is 3.40. The molecule has 0 saturated heterocycles. The fourth-order valence-corrected chi connectivity index (χ4v) is 1.88. The van der Waals surface area contributed by atoms with Gasteiger partial charge in [-0.2, -0.15) is 0 Å². The van der Waals surface area contributed by atoms with Gasteiger partial charge in [0, 0.05) is 18.2 Å². The van der Waals surface area contributed by atoms with Crippen LogP contribution in [0, 0.1) is 10.1 Å². The van der Waals surface area contributed by atoms with Gasteiger partial charge in [-0.25, -0.2) is 4.79 Å². The van der Waals surface area contributed by atoms with Gasteiger partial charge in [0.25, 0.3) is 5.69 Å². The maximum atomic E-state index is 11.4. The number of carbonyl (C=O) groups is 1.